The van der Waals surface area contributed by atoms with Crippen LogP contribution >= 0.6 is 0 Å². The summed E-state index contributed by atoms with van der Waals surface area (Å²) >= 11 is 0. The van der Waals surface area contributed by atoms with Gasteiger partial charge in [0.05, 0.1) is 5.71 Å². The van der Waals surface area contributed by atoms with Crippen LogP contribution in [0.25, 0.3) is 0 Å². The van der Waals surface area contributed by atoms with Crippen LogP contribution in [0.2, 0.25) is 0 Å². The fourth-order valence-corrected chi connectivity index (χ4v) is 3.43. The van der Waals surface area contributed by atoms with E-state index < -0.39 is 0 Å². The number of aromatic hydroxyl groups is 1. The summed E-state index contributed by atoms with van der Waals surface area (Å²) in [6.07, 6.45) is 17.9. The van der Waals surface area contributed by atoms with Crippen LogP contribution in [-0.2, 0) is 0 Å². The zero-order valence-corrected chi connectivity index (χ0v) is 17.0. The Labute approximate surface area is 160 Å². The molecule has 3 nitrogen and oxygen atoms in total. The minimum Gasteiger partial charge on any atom is -0.507 e. The highest BCUT2D eigenvalue weighted by atomic mass is 16.4. The van der Waals surface area contributed by atoms with E-state index in [1.807, 2.05) is 19.1 Å². The van der Waals surface area contributed by atoms with Crippen LogP contribution < -0.4 is 0 Å². The zero-order valence-electron chi connectivity index (χ0n) is 17.0. The van der Waals surface area contributed by atoms with Gasteiger partial charge < -0.3 is 10.3 Å². The number of phenolic OH excluding ortho intramolecular Hbond substituents is 1. The molecule has 0 spiro atoms. The van der Waals surface area contributed by atoms with Crippen LogP contribution in [-0.4, -0.2) is 16.0 Å². The lowest BCUT2D eigenvalue weighted by atomic mass is 10.00. The molecule has 0 unspecified atom stereocenters. The summed E-state index contributed by atoms with van der Waals surface area (Å²) in [7, 11) is 0. The van der Waals surface area contributed by atoms with Crippen LogP contribution in [0.5, 0.6) is 5.75 Å². The molecule has 0 aliphatic rings. The van der Waals surface area contributed by atoms with E-state index in [9.17, 15) is 10.3 Å². The molecule has 3 heteroatoms. The van der Waals surface area contributed by atoms with E-state index in [0.717, 1.165) is 18.4 Å². The SMILES string of the molecule is CCCCCCCCCCCCCCC/C(=N/O)c1cc(C)ccc1O. The van der Waals surface area contributed by atoms with E-state index in [-0.39, 0.29) is 5.75 Å². The Bertz CT molecular complexity index is 511. The van der Waals surface area contributed by atoms with Crippen molar-refractivity contribution in [2.45, 2.75) is 104 Å². The van der Waals surface area contributed by atoms with Crippen LogP contribution in [0.1, 0.15) is 108 Å². The van der Waals surface area contributed by atoms with E-state index >= 15 is 0 Å². The summed E-state index contributed by atoms with van der Waals surface area (Å²) in [5.41, 5.74) is 2.31. The number of unbranched alkanes of at least 4 members (excludes halogenated alkanes) is 12. The summed E-state index contributed by atoms with van der Waals surface area (Å²) < 4.78 is 0. The Morgan fingerprint density at radius 2 is 1.31 bits per heavy atom. The first kappa shape index (κ1) is 22.5. The van der Waals surface area contributed by atoms with E-state index in [0.29, 0.717) is 17.7 Å². The van der Waals surface area contributed by atoms with Crippen molar-refractivity contribution in [3.05, 3.63) is 29.3 Å². The number of aryl methyl sites for hydroxylation is 1. The van der Waals surface area contributed by atoms with Crippen molar-refractivity contribution in [1.29, 1.82) is 0 Å². The molecule has 148 valence electrons. The molecule has 26 heavy (non-hydrogen) atoms. The lowest BCUT2D eigenvalue weighted by molar-refractivity contribution is 0.317. The Hall–Kier alpha value is -1.51. The van der Waals surface area contributed by atoms with Crippen molar-refractivity contribution in [2.75, 3.05) is 0 Å². The zero-order chi connectivity index (χ0) is 19.0. The molecule has 0 atom stereocenters. The maximum Gasteiger partial charge on any atom is 0.124 e. The molecule has 1 aromatic rings. The number of oxime groups is 1. The average Bonchev–Trinajstić information content (AvgIpc) is 2.64. The molecule has 1 rings (SSSR count). The first-order valence-electron chi connectivity index (χ1n) is 10.7. The van der Waals surface area contributed by atoms with Gasteiger partial charge in [0.25, 0.3) is 0 Å². The van der Waals surface area contributed by atoms with Crippen molar-refractivity contribution in [3.8, 4) is 5.75 Å². The fourth-order valence-electron chi connectivity index (χ4n) is 3.43. The number of hydrogen-bond donors (Lipinski definition) is 2. The third-order valence-electron chi connectivity index (χ3n) is 5.10. The largest absolute Gasteiger partial charge is 0.507 e. The van der Waals surface area contributed by atoms with Crippen molar-refractivity contribution >= 4 is 5.71 Å². The Morgan fingerprint density at radius 1 is 0.808 bits per heavy atom. The maximum atomic E-state index is 9.95. The summed E-state index contributed by atoms with van der Waals surface area (Å²) in [6.45, 7) is 4.24. The average molecular weight is 362 g/mol. The Morgan fingerprint density at radius 3 is 1.81 bits per heavy atom. The maximum absolute atomic E-state index is 9.95. The molecular formula is C23H39NO2. The van der Waals surface area contributed by atoms with E-state index in [1.165, 1.54) is 70.6 Å². The third kappa shape index (κ3) is 9.84. The lowest BCUT2D eigenvalue weighted by Gasteiger charge is -2.08. The molecule has 0 saturated heterocycles. The number of hydrogen-bond acceptors (Lipinski definition) is 3. The fraction of sp³-hybridized carbons (Fsp3) is 0.696. The van der Waals surface area contributed by atoms with Gasteiger partial charge in [0.15, 0.2) is 0 Å². The van der Waals surface area contributed by atoms with Crippen molar-refractivity contribution in [3.63, 3.8) is 0 Å². The van der Waals surface area contributed by atoms with Gasteiger partial charge in [-0.05, 0) is 31.9 Å². The standard InChI is InChI=1S/C23H39NO2/c1-3-4-5-6-7-8-9-10-11-12-13-14-15-16-22(24-26)21-19-20(2)17-18-23(21)25/h17-19,25-26H,3-16H2,1-2H3/b24-22-. The number of nitrogens with zero attached hydrogens (tertiary/aromatic N) is 1. The predicted octanol–water partition coefficient (Wildman–Crippen LogP) is 7.36. The number of phenols is 1. The molecule has 0 fully saturated rings. The molecule has 0 aliphatic heterocycles. The number of benzene rings is 1. The molecule has 0 radical (unpaired) electrons. The third-order valence-corrected chi connectivity index (χ3v) is 5.10. The van der Waals surface area contributed by atoms with Gasteiger partial charge >= 0.3 is 0 Å². The molecule has 1 aromatic carbocycles. The highest BCUT2D eigenvalue weighted by molar-refractivity contribution is 6.02. The quantitative estimate of drug-likeness (QED) is 0.148. The molecule has 2 N–H and O–H groups in total. The lowest BCUT2D eigenvalue weighted by Crippen LogP contribution is -2.02. The molecule has 0 saturated carbocycles. The predicted molar refractivity (Wildman–Crippen MR) is 111 cm³/mol. The highest BCUT2D eigenvalue weighted by Gasteiger charge is 2.10. The van der Waals surface area contributed by atoms with Crippen molar-refractivity contribution in [2.24, 2.45) is 5.16 Å². The van der Waals surface area contributed by atoms with Gasteiger partial charge in [-0.1, -0.05) is 101 Å². The van der Waals surface area contributed by atoms with Gasteiger partial charge in [0.2, 0.25) is 0 Å². The molecule has 0 amide bonds. The van der Waals surface area contributed by atoms with Gasteiger partial charge in [-0.3, -0.25) is 0 Å². The van der Waals surface area contributed by atoms with Gasteiger partial charge in [0, 0.05) is 5.56 Å². The summed E-state index contributed by atoms with van der Waals surface area (Å²) in [5, 5.41) is 22.6. The van der Waals surface area contributed by atoms with E-state index in [2.05, 4.69) is 12.1 Å². The van der Waals surface area contributed by atoms with E-state index in [4.69, 9.17) is 0 Å². The second-order valence-corrected chi connectivity index (χ2v) is 7.56. The molecule has 0 aromatic heterocycles. The first-order valence-corrected chi connectivity index (χ1v) is 10.7. The van der Waals surface area contributed by atoms with Gasteiger partial charge in [0.1, 0.15) is 5.75 Å². The minimum absolute atomic E-state index is 0.193. The highest BCUT2D eigenvalue weighted by Crippen LogP contribution is 2.22. The minimum atomic E-state index is 0.193. The van der Waals surface area contributed by atoms with Crippen LogP contribution in [0, 0.1) is 6.92 Å². The molecule has 0 heterocycles. The molecule has 0 bridgehead atoms. The normalized spacial score (nSPS) is 11.8. The number of rotatable bonds is 15. The summed E-state index contributed by atoms with van der Waals surface area (Å²) in [6, 6.07) is 5.41. The van der Waals surface area contributed by atoms with Crippen molar-refractivity contribution < 1.29 is 10.3 Å². The molecular weight excluding hydrogens is 322 g/mol. The topological polar surface area (TPSA) is 52.8 Å². The first-order chi connectivity index (χ1) is 12.7. The second kappa shape index (κ2) is 14.6. The Balaban J connectivity index is 2.03. The second-order valence-electron chi connectivity index (χ2n) is 7.56. The van der Waals surface area contributed by atoms with Crippen LogP contribution in [0.3, 0.4) is 0 Å². The molecule has 0 aliphatic carbocycles. The van der Waals surface area contributed by atoms with Crippen LogP contribution in [0.15, 0.2) is 23.4 Å². The van der Waals surface area contributed by atoms with Gasteiger partial charge in [-0.15, -0.1) is 0 Å². The summed E-state index contributed by atoms with van der Waals surface area (Å²) in [5.74, 6) is 0.193. The van der Waals surface area contributed by atoms with Gasteiger partial charge in [-0.25, -0.2) is 0 Å². The summed E-state index contributed by atoms with van der Waals surface area (Å²) in [4.78, 5) is 0. The Kier molecular flexibility index (Phi) is 12.7. The van der Waals surface area contributed by atoms with Crippen LogP contribution in [0.4, 0.5) is 0 Å². The van der Waals surface area contributed by atoms with Crippen molar-refractivity contribution in [1.82, 2.24) is 0 Å². The van der Waals surface area contributed by atoms with E-state index in [1.54, 1.807) is 6.07 Å². The van der Waals surface area contributed by atoms with Gasteiger partial charge in [-0.2, -0.15) is 0 Å². The smallest absolute Gasteiger partial charge is 0.124 e. The monoisotopic (exact) mass is 361 g/mol.